The van der Waals surface area contributed by atoms with Gasteiger partial charge in [-0.3, -0.25) is 14.9 Å². The number of benzene rings is 4. The number of nitro benzene ring substituents is 1. The lowest BCUT2D eigenvalue weighted by atomic mass is 9.68. The van der Waals surface area contributed by atoms with Gasteiger partial charge in [-0.2, -0.15) is 0 Å². The summed E-state index contributed by atoms with van der Waals surface area (Å²) < 4.78 is 6.50. The molecule has 6 rings (SSSR count). The zero-order valence-electron chi connectivity index (χ0n) is 19.0. The smallest absolute Gasteiger partial charge is 0.269 e. The zero-order valence-corrected chi connectivity index (χ0v) is 19.0. The van der Waals surface area contributed by atoms with E-state index in [-0.39, 0.29) is 11.5 Å². The fourth-order valence-corrected chi connectivity index (χ4v) is 5.07. The third-order valence-electron chi connectivity index (χ3n) is 6.73. The van der Waals surface area contributed by atoms with Crippen LogP contribution in [0.3, 0.4) is 0 Å². The first-order chi connectivity index (χ1) is 17.6. The Morgan fingerprint density at radius 2 is 1.39 bits per heavy atom. The Balaban J connectivity index is 1.57. The number of ether oxygens (including phenoxy) is 1. The van der Waals surface area contributed by atoms with Gasteiger partial charge in [0.1, 0.15) is 5.75 Å². The maximum Gasteiger partial charge on any atom is 0.269 e. The minimum Gasteiger partial charge on any atom is -0.480 e. The van der Waals surface area contributed by atoms with Gasteiger partial charge < -0.3 is 9.57 Å². The van der Waals surface area contributed by atoms with E-state index in [0.29, 0.717) is 22.6 Å². The van der Waals surface area contributed by atoms with E-state index in [1.165, 1.54) is 12.1 Å². The Kier molecular flexibility index (Phi) is 5.11. The molecular formula is C29H20N2O5. The number of ketones is 1. The molecule has 0 saturated carbocycles. The van der Waals surface area contributed by atoms with Crippen molar-refractivity contribution >= 4 is 17.2 Å². The molecule has 0 saturated heterocycles. The van der Waals surface area contributed by atoms with Gasteiger partial charge in [-0.25, -0.2) is 0 Å². The Morgan fingerprint density at radius 1 is 0.778 bits per heavy atom. The van der Waals surface area contributed by atoms with Crippen LogP contribution in [-0.4, -0.2) is 22.0 Å². The number of fused-ring (bicyclic) bond motifs is 1. The lowest BCUT2D eigenvalue weighted by molar-refractivity contribution is -0.384. The highest BCUT2D eigenvalue weighted by Crippen LogP contribution is 2.54. The molecule has 36 heavy (non-hydrogen) atoms. The van der Waals surface area contributed by atoms with E-state index in [9.17, 15) is 14.9 Å². The number of Topliss-reactive ketones (excluding diaryl/α,β-unsaturated/α-hetero) is 1. The van der Waals surface area contributed by atoms with E-state index < -0.39 is 22.5 Å². The number of non-ortho nitro benzene ring substituents is 1. The van der Waals surface area contributed by atoms with Crippen molar-refractivity contribution in [3.63, 3.8) is 0 Å². The highest BCUT2D eigenvalue weighted by Gasteiger charge is 2.64. The molecule has 7 heteroatoms. The van der Waals surface area contributed by atoms with Gasteiger partial charge in [-0.1, -0.05) is 78.0 Å². The number of hydrogen-bond donors (Lipinski definition) is 0. The summed E-state index contributed by atoms with van der Waals surface area (Å²) in [7, 11) is 0. The zero-order chi connectivity index (χ0) is 24.7. The molecule has 0 aromatic heterocycles. The van der Waals surface area contributed by atoms with Crippen LogP contribution in [0.2, 0.25) is 0 Å². The number of carbonyl (C=O) groups is 1. The Hall–Kier alpha value is -4.78. The largest absolute Gasteiger partial charge is 0.480 e. The van der Waals surface area contributed by atoms with Crippen LogP contribution in [-0.2, 0) is 4.84 Å². The second kappa shape index (κ2) is 8.46. The number of hydrogen-bond acceptors (Lipinski definition) is 6. The monoisotopic (exact) mass is 476 g/mol. The van der Waals surface area contributed by atoms with E-state index in [1.54, 1.807) is 30.3 Å². The van der Waals surface area contributed by atoms with Gasteiger partial charge in [-0.15, -0.1) is 0 Å². The number of rotatable bonds is 4. The van der Waals surface area contributed by atoms with Gasteiger partial charge in [0.15, 0.2) is 6.10 Å². The number of nitrogens with zero attached hydrogens (tertiary/aromatic N) is 2. The van der Waals surface area contributed by atoms with Crippen molar-refractivity contribution in [2.24, 2.45) is 5.16 Å². The van der Waals surface area contributed by atoms with E-state index in [1.807, 2.05) is 66.7 Å². The summed E-state index contributed by atoms with van der Waals surface area (Å²) >= 11 is 0. The van der Waals surface area contributed by atoms with Crippen molar-refractivity contribution in [2.75, 3.05) is 0 Å². The molecular weight excluding hydrogens is 456 g/mol. The van der Waals surface area contributed by atoms with Crippen LogP contribution >= 0.6 is 0 Å². The molecule has 176 valence electrons. The SMILES string of the molecule is O=C1c2ccccc2O[C@@H](c2ccccc2)[C@]12ON=C(c1ccc([N+](=O)[O-])cc1)[C@@H]2c1ccccc1. The average Bonchev–Trinajstić information content (AvgIpc) is 3.33. The minimum absolute atomic E-state index is 0.0302. The van der Waals surface area contributed by atoms with Crippen molar-refractivity contribution in [1.82, 2.24) is 0 Å². The standard InChI is InChI=1S/C29H20N2O5/c32-27-23-13-7-8-14-24(23)35-28(21-11-5-2-6-12-21)29(27)25(19-9-3-1-4-10-19)26(30-36-29)20-15-17-22(18-16-20)31(33)34/h1-18,25,28H/t25-,28-,29+/m0/s1. The first-order valence-corrected chi connectivity index (χ1v) is 11.5. The number of carbonyl (C=O) groups excluding carboxylic acids is 1. The van der Waals surface area contributed by atoms with Crippen molar-refractivity contribution in [2.45, 2.75) is 17.6 Å². The van der Waals surface area contributed by atoms with Crippen LogP contribution in [0.1, 0.15) is 39.1 Å². The van der Waals surface area contributed by atoms with Crippen LogP contribution in [0.15, 0.2) is 114 Å². The van der Waals surface area contributed by atoms with E-state index in [4.69, 9.17) is 9.57 Å². The van der Waals surface area contributed by atoms with E-state index in [2.05, 4.69) is 5.16 Å². The maximum absolute atomic E-state index is 14.4. The van der Waals surface area contributed by atoms with Crippen LogP contribution in [0, 0.1) is 10.1 Å². The topological polar surface area (TPSA) is 91.0 Å². The molecule has 2 heterocycles. The molecule has 3 atom stereocenters. The number of nitro groups is 1. The lowest BCUT2D eigenvalue weighted by Gasteiger charge is -2.42. The summed E-state index contributed by atoms with van der Waals surface area (Å²) in [5.41, 5.74) is 1.61. The Bertz CT molecular complexity index is 1490. The second-order valence-corrected chi connectivity index (χ2v) is 8.74. The van der Waals surface area contributed by atoms with Gasteiger partial charge in [0.05, 0.1) is 22.1 Å². The summed E-state index contributed by atoms with van der Waals surface area (Å²) in [4.78, 5) is 31.3. The summed E-state index contributed by atoms with van der Waals surface area (Å²) in [5, 5.41) is 15.7. The lowest BCUT2D eigenvalue weighted by Crippen LogP contribution is -2.54. The molecule has 4 aromatic rings. The van der Waals surface area contributed by atoms with Crippen LogP contribution in [0.5, 0.6) is 5.75 Å². The van der Waals surface area contributed by atoms with Gasteiger partial charge >= 0.3 is 0 Å². The summed E-state index contributed by atoms with van der Waals surface area (Å²) in [5.74, 6) is -0.375. The summed E-state index contributed by atoms with van der Waals surface area (Å²) in [6, 6.07) is 32.3. The molecule has 0 N–H and O–H groups in total. The van der Waals surface area contributed by atoms with E-state index in [0.717, 1.165) is 11.1 Å². The van der Waals surface area contributed by atoms with Gasteiger partial charge in [0.2, 0.25) is 5.78 Å². The van der Waals surface area contributed by atoms with Crippen molar-refractivity contribution < 1.29 is 19.3 Å². The maximum atomic E-state index is 14.4. The summed E-state index contributed by atoms with van der Waals surface area (Å²) in [6.07, 6.45) is -0.786. The fourth-order valence-electron chi connectivity index (χ4n) is 5.07. The number of para-hydroxylation sites is 1. The molecule has 1 spiro atoms. The molecule has 0 unspecified atom stereocenters. The fraction of sp³-hybridized carbons (Fsp3) is 0.103. The Morgan fingerprint density at radius 3 is 2.06 bits per heavy atom. The van der Waals surface area contributed by atoms with Gasteiger partial charge in [0.25, 0.3) is 11.3 Å². The van der Waals surface area contributed by atoms with Crippen LogP contribution in [0.4, 0.5) is 5.69 Å². The van der Waals surface area contributed by atoms with Crippen LogP contribution in [0.25, 0.3) is 0 Å². The second-order valence-electron chi connectivity index (χ2n) is 8.74. The predicted octanol–water partition coefficient (Wildman–Crippen LogP) is 5.87. The van der Waals surface area contributed by atoms with Crippen molar-refractivity contribution in [3.8, 4) is 5.75 Å². The molecule has 0 fully saturated rings. The van der Waals surface area contributed by atoms with Gasteiger partial charge in [0, 0.05) is 17.7 Å². The molecule has 0 radical (unpaired) electrons. The van der Waals surface area contributed by atoms with Crippen molar-refractivity contribution in [3.05, 3.63) is 142 Å². The molecule has 4 aromatic carbocycles. The van der Waals surface area contributed by atoms with E-state index >= 15 is 0 Å². The minimum atomic E-state index is -1.52. The molecule has 7 nitrogen and oxygen atoms in total. The Labute approximate surface area is 206 Å². The first kappa shape index (κ1) is 21.7. The molecule has 2 aliphatic rings. The molecule has 2 aliphatic heterocycles. The van der Waals surface area contributed by atoms with Crippen LogP contribution < -0.4 is 4.74 Å². The average molecular weight is 476 g/mol. The third kappa shape index (κ3) is 3.28. The molecule has 0 bridgehead atoms. The van der Waals surface area contributed by atoms with Crippen molar-refractivity contribution in [1.29, 1.82) is 0 Å². The normalized spacial score (nSPS) is 22.3. The number of oxime groups is 1. The molecule has 0 aliphatic carbocycles. The predicted molar refractivity (Wildman–Crippen MR) is 133 cm³/mol. The third-order valence-corrected chi connectivity index (χ3v) is 6.73. The highest BCUT2D eigenvalue weighted by atomic mass is 16.7. The quantitative estimate of drug-likeness (QED) is 0.271. The van der Waals surface area contributed by atoms with Gasteiger partial charge in [-0.05, 0) is 35.4 Å². The highest BCUT2D eigenvalue weighted by molar-refractivity contribution is 6.16. The molecule has 0 amide bonds. The first-order valence-electron chi connectivity index (χ1n) is 11.5. The summed E-state index contributed by atoms with van der Waals surface area (Å²) in [6.45, 7) is 0.